The molecule has 8 nitrogen and oxygen atoms in total. The van der Waals surface area contributed by atoms with E-state index in [2.05, 4.69) is 16.0 Å². The van der Waals surface area contributed by atoms with Crippen molar-refractivity contribution in [2.45, 2.75) is 45.8 Å². The van der Waals surface area contributed by atoms with E-state index in [1.807, 2.05) is 42.5 Å². The van der Waals surface area contributed by atoms with Crippen LogP contribution in [0, 0.1) is 0 Å². The van der Waals surface area contributed by atoms with Crippen LogP contribution in [0.15, 0.2) is 42.5 Å². The van der Waals surface area contributed by atoms with Crippen molar-refractivity contribution < 1.29 is 23.9 Å². The second kappa shape index (κ2) is 9.87. The quantitative estimate of drug-likeness (QED) is 0.628. The Hall–Kier alpha value is -3.42. The van der Waals surface area contributed by atoms with Gasteiger partial charge < -0.3 is 15.4 Å². The maximum atomic E-state index is 12.2. The average Bonchev–Trinajstić information content (AvgIpc) is 2.65. The van der Waals surface area contributed by atoms with Crippen molar-refractivity contribution in [3.05, 3.63) is 48.0 Å². The van der Waals surface area contributed by atoms with E-state index < -0.39 is 29.6 Å². The van der Waals surface area contributed by atoms with E-state index in [0.29, 0.717) is 0 Å². The molecule has 8 heteroatoms. The number of carbonyl (C=O) groups is 4. The summed E-state index contributed by atoms with van der Waals surface area (Å²) in [6, 6.07) is 12.7. The second-order valence-corrected chi connectivity index (χ2v) is 7.92. The number of ether oxygens (including phenoxy) is 1. The average molecular weight is 413 g/mol. The Morgan fingerprint density at radius 3 is 2.37 bits per heavy atom. The van der Waals surface area contributed by atoms with E-state index >= 15 is 0 Å². The zero-order valence-corrected chi connectivity index (χ0v) is 17.6. The Morgan fingerprint density at radius 2 is 1.67 bits per heavy atom. The third-order valence-electron chi connectivity index (χ3n) is 4.06. The minimum Gasteiger partial charge on any atom is -0.451 e. The Balaban J connectivity index is 1.80. The van der Waals surface area contributed by atoms with Gasteiger partial charge in [-0.15, -0.1) is 0 Å². The van der Waals surface area contributed by atoms with Crippen LogP contribution in [0.25, 0.3) is 10.8 Å². The van der Waals surface area contributed by atoms with Gasteiger partial charge in [0, 0.05) is 5.54 Å². The summed E-state index contributed by atoms with van der Waals surface area (Å²) in [5, 5.41) is 9.15. The highest BCUT2D eigenvalue weighted by atomic mass is 16.5. The van der Waals surface area contributed by atoms with Gasteiger partial charge in [-0.3, -0.25) is 19.7 Å². The molecule has 0 aliphatic heterocycles. The number of imide groups is 1. The van der Waals surface area contributed by atoms with Crippen LogP contribution in [0.2, 0.25) is 0 Å². The molecule has 0 aliphatic rings. The van der Waals surface area contributed by atoms with E-state index in [9.17, 15) is 19.2 Å². The minimum absolute atomic E-state index is 0.109. The van der Waals surface area contributed by atoms with Crippen LogP contribution < -0.4 is 16.0 Å². The predicted octanol–water partition coefficient (Wildman–Crippen LogP) is 2.05. The first-order valence-corrected chi connectivity index (χ1v) is 9.61. The van der Waals surface area contributed by atoms with Crippen molar-refractivity contribution in [2.75, 3.05) is 6.54 Å². The molecule has 0 bridgehead atoms. The molecule has 1 atom stereocenters. The van der Waals surface area contributed by atoms with Crippen LogP contribution in [-0.4, -0.2) is 42.0 Å². The van der Waals surface area contributed by atoms with Gasteiger partial charge in [-0.25, -0.2) is 4.79 Å². The summed E-state index contributed by atoms with van der Waals surface area (Å²) in [6.45, 7) is 6.26. The topological polar surface area (TPSA) is 114 Å². The minimum atomic E-state index is -1.18. The van der Waals surface area contributed by atoms with Crippen molar-refractivity contribution in [3.8, 4) is 0 Å². The Kier molecular flexibility index (Phi) is 7.52. The van der Waals surface area contributed by atoms with Crippen LogP contribution >= 0.6 is 0 Å². The third-order valence-corrected chi connectivity index (χ3v) is 4.06. The molecule has 0 saturated carbocycles. The standard InChI is InChI=1S/C22H27N3O5/c1-14(20(28)24-21(29)25-22(2,3)4)30-19(27)13-23-18(26)12-16-10-7-9-15-8-5-6-11-17(15)16/h5-11,14H,12-13H2,1-4H3,(H,23,26)(H2,24,25,28,29)/t14-/m0/s1. The van der Waals surface area contributed by atoms with Gasteiger partial charge in [0.05, 0.1) is 6.42 Å². The van der Waals surface area contributed by atoms with Crippen molar-refractivity contribution in [3.63, 3.8) is 0 Å². The van der Waals surface area contributed by atoms with E-state index in [0.717, 1.165) is 16.3 Å². The van der Waals surface area contributed by atoms with Gasteiger partial charge >= 0.3 is 12.0 Å². The number of benzene rings is 2. The van der Waals surface area contributed by atoms with Crippen LogP contribution in [0.5, 0.6) is 0 Å². The lowest BCUT2D eigenvalue weighted by Crippen LogP contribution is -2.50. The summed E-state index contributed by atoms with van der Waals surface area (Å²) < 4.78 is 4.97. The van der Waals surface area contributed by atoms with Gasteiger partial charge in [-0.2, -0.15) is 0 Å². The second-order valence-electron chi connectivity index (χ2n) is 7.92. The molecule has 0 fully saturated rings. The lowest BCUT2D eigenvalue weighted by atomic mass is 10.0. The van der Waals surface area contributed by atoms with E-state index in [1.54, 1.807) is 20.8 Å². The summed E-state index contributed by atoms with van der Waals surface area (Å²) >= 11 is 0. The van der Waals surface area contributed by atoms with Gasteiger partial charge in [0.15, 0.2) is 6.10 Å². The molecule has 0 radical (unpaired) electrons. The molecule has 30 heavy (non-hydrogen) atoms. The van der Waals surface area contributed by atoms with Crippen molar-refractivity contribution in [1.29, 1.82) is 0 Å². The van der Waals surface area contributed by atoms with E-state index in [1.165, 1.54) is 6.92 Å². The molecule has 0 spiro atoms. The van der Waals surface area contributed by atoms with E-state index in [4.69, 9.17) is 4.74 Å². The monoisotopic (exact) mass is 413 g/mol. The maximum absolute atomic E-state index is 12.2. The fraction of sp³-hybridized carbons (Fsp3) is 0.364. The maximum Gasteiger partial charge on any atom is 0.326 e. The molecule has 0 aliphatic carbocycles. The first-order valence-electron chi connectivity index (χ1n) is 9.61. The summed E-state index contributed by atoms with van der Waals surface area (Å²) in [6.07, 6.45) is -1.07. The van der Waals surface area contributed by atoms with Gasteiger partial charge in [-0.1, -0.05) is 42.5 Å². The number of carbonyl (C=O) groups excluding carboxylic acids is 4. The molecular weight excluding hydrogens is 386 g/mol. The third kappa shape index (κ3) is 7.20. The Morgan fingerprint density at radius 1 is 1.00 bits per heavy atom. The molecule has 3 N–H and O–H groups in total. The van der Waals surface area contributed by atoms with Gasteiger partial charge in [0.1, 0.15) is 6.54 Å². The van der Waals surface area contributed by atoms with Crippen LogP contribution in [-0.2, 0) is 25.5 Å². The highest BCUT2D eigenvalue weighted by molar-refractivity contribution is 5.97. The summed E-state index contributed by atoms with van der Waals surface area (Å²) in [7, 11) is 0. The number of nitrogens with one attached hydrogen (secondary N) is 3. The molecule has 0 heterocycles. The van der Waals surface area contributed by atoms with Gasteiger partial charge in [-0.05, 0) is 44.0 Å². The lowest BCUT2D eigenvalue weighted by molar-refractivity contribution is -0.154. The zero-order valence-electron chi connectivity index (χ0n) is 17.6. The summed E-state index contributed by atoms with van der Waals surface area (Å²) in [5.74, 6) is -1.88. The Bertz CT molecular complexity index is 944. The number of hydrogen-bond acceptors (Lipinski definition) is 5. The van der Waals surface area contributed by atoms with Crippen LogP contribution in [0.1, 0.15) is 33.3 Å². The number of hydrogen-bond donors (Lipinski definition) is 3. The molecule has 4 amide bonds. The molecule has 2 aromatic carbocycles. The molecule has 2 aromatic rings. The van der Waals surface area contributed by atoms with E-state index in [-0.39, 0.29) is 18.9 Å². The van der Waals surface area contributed by atoms with Gasteiger partial charge in [0.2, 0.25) is 5.91 Å². The first-order chi connectivity index (χ1) is 14.0. The fourth-order valence-electron chi connectivity index (χ4n) is 2.73. The van der Waals surface area contributed by atoms with Crippen molar-refractivity contribution in [1.82, 2.24) is 16.0 Å². The van der Waals surface area contributed by atoms with Crippen molar-refractivity contribution in [2.24, 2.45) is 0 Å². The smallest absolute Gasteiger partial charge is 0.326 e. The molecule has 0 aromatic heterocycles. The first kappa shape index (κ1) is 22.9. The summed E-state index contributed by atoms with van der Waals surface area (Å²) in [5.41, 5.74) is 0.329. The summed E-state index contributed by atoms with van der Waals surface area (Å²) in [4.78, 5) is 47.8. The predicted molar refractivity (Wildman–Crippen MR) is 113 cm³/mol. The number of amides is 4. The molecule has 0 saturated heterocycles. The molecular formula is C22H27N3O5. The SMILES string of the molecule is C[C@H](OC(=O)CNC(=O)Cc1cccc2ccccc12)C(=O)NC(=O)NC(C)(C)C. The number of esters is 1. The van der Waals surface area contributed by atoms with Gasteiger partial charge in [0.25, 0.3) is 5.91 Å². The number of rotatable bonds is 6. The lowest BCUT2D eigenvalue weighted by Gasteiger charge is -2.21. The highest BCUT2D eigenvalue weighted by Gasteiger charge is 2.22. The Labute approximate surface area is 175 Å². The normalized spacial score (nSPS) is 12.0. The molecule has 2 rings (SSSR count). The zero-order chi connectivity index (χ0) is 22.3. The fourth-order valence-corrected chi connectivity index (χ4v) is 2.73. The number of urea groups is 1. The van der Waals surface area contributed by atoms with Crippen LogP contribution in [0.3, 0.4) is 0 Å². The highest BCUT2D eigenvalue weighted by Crippen LogP contribution is 2.18. The van der Waals surface area contributed by atoms with Crippen LogP contribution in [0.4, 0.5) is 4.79 Å². The largest absolute Gasteiger partial charge is 0.451 e. The molecule has 160 valence electrons. The van der Waals surface area contributed by atoms with Crippen molar-refractivity contribution >= 4 is 34.6 Å². The molecule has 0 unspecified atom stereocenters. The number of fused-ring (bicyclic) bond motifs is 1.